The fraction of sp³-hybridized carbons (Fsp3) is 0.647. The van der Waals surface area contributed by atoms with Crippen LogP contribution in [0.15, 0.2) is 28.7 Å². The second-order valence-electron chi connectivity index (χ2n) is 6.68. The van der Waals surface area contributed by atoms with Gasteiger partial charge in [-0.2, -0.15) is 0 Å². The summed E-state index contributed by atoms with van der Waals surface area (Å²) in [7, 11) is 0. The van der Waals surface area contributed by atoms with Gasteiger partial charge in [-0.3, -0.25) is 0 Å². The smallest absolute Gasteiger partial charge is 0.0598 e. The summed E-state index contributed by atoms with van der Waals surface area (Å²) in [4.78, 5) is 0. The van der Waals surface area contributed by atoms with Crippen molar-refractivity contribution in [2.24, 2.45) is 0 Å². The van der Waals surface area contributed by atoms with E-state index in [9.17, 15) is 0 Å². The first-order valence-electron chi connectivity index (χ1n) is 7.57. The number of rotatable bonds is 7. The summed E-state index contributed by atoms with van der Waals surface area (Å²) in [6.45, 7) is 8.21. The Hall–Kier alpha value is -0.380. The van der Waals surface area contributed by atoms with Gasteiger partial charge in [0.1, 0.15) is 0 Å². The second kappa shape index (κ2) is 7.06. The lowest BCUT2D eigenvalue weighted by Crippen LogP contribution is -2.26. The molecule has 20 heavy (non-hydrogen) atoms. The highest BCUT2D eigenvalue weighted by Crippen LogP contribution is 2.25. The van der Waals surface area contributed by atoms with Crippen molar-refractivity contribution in [3.05, 3.63) is 34.3 Å². The predicted octanol–water partition coefficient (Wildman–Crippen LogP) is 4.49. The van der Waals surface area contributed by atoms with Crippen molar-refractivity contribution in [3.63, 3.8) is 0 Å². The van der Waals surface area contributed by atoms with E-state index in [0.29, 0.717) is 5.92 Å². The summed E-state index contributed by atoms with van der Waals surface area (Å²) in [5.41, 5.74) is 1.34. The van der Waals surface area contributed by atoms with Crippen LogP contribution in [-0.2, 0) is 4.74 Å². The normalized spacial score (nSPS) is 17.2. The maximum absolute atomic E-state index is 5.89. The molecule has 2 nitrogen and oxygen atoms in total. The molecule has 2 rings (SSSR count). The van der Waals surface area contributed by atoms with Crippen LogP contribution >= 0.6 is 15.9 Å². The van der Waals surface area contributed by atoms with Crippen molar-refractivity contribution in [2.75, 3.05) is 13.2 Å². The van der Waals surface area contributed by atoms with Gasteiger partial charge in [-0.1, -0.05) is 28.1 Å². The summed E-state index contributed by atoms with van der Waals surface area (Å²) in [6, 6.07) is 9.42. The van der Waals surface area contributed by atoms with Crippen molar-refractivity contribution >= 4 is 15.9 Å². The van der Waals surface area contributed by atoms with Gasteiger partial charge in [0.15, 0.2) is 0 Å². The van der Waals surface area contributed by atoms with Gasteiger partial charge in [-0.25, -0.2) is 0 Å². The van der Waals surface area contributed by atoms with E-state index in [-0.39, 0.29) is 5.60 Å². The van der Waals surface area contributed by atoms with Crippen molar-refractivity contribution in [3.8, 4) is 0 Å². The molecule has 1 aromatic carbocycles. The summed E-state index contributed by atoms with van der Waals surface area (Å²) in [6.07, 6.45) is 3.74. The van der Waals surface area contributed by atoms with Crippen LogP contribution in [0.3, 0.4) is 0 Å². The van der Waals surface area contributed by atoms with Crippen molar-refractivity contribution < 1.29 is 4.74 Å². The first-order valence-corrected chi connectivity index (χ1v) is 8.36. The van der Waals surface area contributed by atoms with Gasteiger partial charge in [0.25, 0.3) is 0 Å². The number of nitrogens with one attached hydrogen (secondary N) is 1. The maximum atomic E-state index is 5.89. The van der Waals surface area contributed by atoms with E-state index in [0.717, 1.165) is 30.1 Å². The zero-order valence-electron chi connectivity index (χ0n) is 12.8. The van der Waals surface area contributed by atoms with Gasteiger partial charge in [-0.05, 0) is 63.6 Å². The summed E-state index contributed by atoms with van der Waals surface area (Å²) in [5, 5.41) is 3.65. The molecule has 0 radical (unpaired) electrons. The largest absolute Gasteiger partial charge is 0.376 e. The van der Waals surface area contributed by atoms with E-state index >= 15 is 0 Å². The molecule has 1 aliphatic rings. The minimum atomic E-state index is -0.0499. The molecule has 1 aromatic rings. The molecule has 0 amide bonds. The van der Waals surface area contributed by atoms with Crippen LogP contribution in [0, 0.1) is 0 Å². The Morgan fingerprint density at radius 1 is 1.35 bits per heavy atom. The molecule has 1 atom stereocenters. The minimum absolute atomic E-state index is 0.0499. The van der Waals surface area contributed by atoms with Crippen LogP contribution < -0.4 is 5.32 Å². The van der Waals surface area contributed by atoms with Gasteiger partial charge in [-0.15, -0.1) is 0 Å². The standard InChI is InChI=1S/C17H26BrNO/c1-17(2,3)20-10-9-14(12-19-16-7-8-16)13-5-4-6-15(18)11-13/h4-6,11,14,16,19H,7-10,12H2,1-3H3. The molecule has 1 N–H and O–H groups in total. The van der Waals surface area contributed by atoms with Crippen molar-refractivity contribution in [1.82, 2.24) is 5.32 Å². The summed E-state index contributed by atoms with van der Waals surface area (Å²) in [5.74, 6) is 0.524. The third-order valence-electron chi connectivity index (χ3n) is 3.55. The Balaban J connectivity index is 1.92. The lowest BCUT2D eigenvalue weighted by molar-refractivity contribution is -0.00624. The minimum Gasteiger partial charge on any atom is -0.376 e. The van der Waals surface area contributed by atoms with Gasteiger partial charge in [0, 0.05) is 23.7 Å². The molecule has 0 heterocycles. The number of hydrogen-bond acceptors (Lipinski definition) is 2. The van der Waals surface area contributed by atoms with E-state index in [1.807, 2.05) is 0 Å². The Morgan fingerprint density at radius 2 is 2.10 bits per heavy atom. The van der Waals surface area contributed by atoms with E-state index < -0.39 is 0 Å². The lowest BCUT2D eigenvalue weighted by atomic mass is 9.96. The molecule has 0 spiro atoms. The highest BCUT2D eigenvalue weighted by molar-refractivity contribution is 9.10. The molecule has 3 heteroatoms. The second-order valence-corrected chi connectivity index (χ2v) is 7.60. The number of ether oxygens (including phenoxy) is 1. The third kappa shape index (κ3) is 5.94. The first-order chi connectivity index (χ1) is 9.44. The van der Waals surface area contributed by atoms with Crippen LogP contribution in [0.25, 0.3) is 0 Å². The van der Waals surface area contributed by atoms with E-state index in [1.54, 1.807) is 0 Å². The van der Waals surface area contributed by atoms with Crippen LogP contribution in [0.4, 0.5) is 0 Å². The Morgan fingerprint density at radius 3 is 2.70 bits per heavy atom. The molecule has 0 aromatic heterocycles. The van der Waals surface area contributed by atoms with E-state index in [1.165, 1.54) is 18.4 Å². The van der Waals surface area contributed by atoms with Gasteiger partial charge in [0.2, 0.25) is 0 Å². The predicted molar refractivity (Wildman–Crippen MR) is 88.2 cm³/mol. The average molecular weight is 340 g/mol. The van der Waals surface area contributed by atoms with Gasteiger partial charge in [0.05, 0.1) is 5.60 Å². The number of hydrogen-bond donors (Lipinski definition) is 1. The Bertz CT molecular complexity index is 423. The molecule has 112 valence electrons. The quantitative estimate of drug-likeness (QED) is 0.790. The highest BCUT2D eigenvalue weighted by atomic mass is 79.9. The molecule has 0 aliphatic heterocycles. The molecule has 1 fully saturated rings. The van der Waals surface area contributed by atoms with Crippen LogP contribution in [0.5, 0.6) is 0 Å². The summed E-state index contributed by atoms with van der Waals surface area (Å²) >= 11 is 3.57. The monoisotopic (exact) mass is 339 g/mol. The van der Waals surface area contributed by atoms with Crippen molar-refractivity contribution in [1.29, 1.82) is 0 Å². The zero-order valence-corrected chi connectivity index (χ0v) is 14.4. The summed E-state index contributed by atoms with van der Waals surface area (Å²) < 4.78 is 7.05. The molecule has 1 unspecified atom stereocenters. The fourth-order valence-corrected chi connectivity index (χ4v) is 2.67. The lowest BCUT2D eigenvalue weighted by Gasteiger charge is -2.23. The Labute approximate surface area is 131 Å². The van der Waals surface area contributed by atoms with Crippen LogP contribution in [0.2, 0.25) is 0 Å². The van der Waals surface area contributed by atoms with Crippen LogP contribution in [-0.4, -0.2) is 24.8 Å². The topological polar surface area (TPSA) is 21.3 Å². The molecule has 0 saturated heterocycles. The third-order valence-corrected chi connectivity index (χ3v) is 4.04. The average Bonchev–Trinajstić information content (AvgIpc) is 3.16. The SMILES string of the molecule is CC(C)(C)OCCC(CNC1CC1)c1cccc(Br)c1. The molecule has 1 aliphatic carbocycles. The molecule has 0 bridgehead atoms. The van der Waals surface area contributed by atoms with Crippen molar-refractivity contribution in [2.45, 2.75) is 57.6 Å². The van der Waals surface area contributed by atoms with E-state index in [2.05, 4.69) is 66.3 Å². The fourth-order valence-electron chi connectivity index (χ4n) is 2.25. The molecule has 1 saturated carbocycles. The zero-order chi connectivity index (χ0) is 14.6. The highest BCUT2D eigenvalue weighted by Gasteiger charge is 2.23. The molecular formula is C17H26BrNO. The molecular weight excluding hydrogens is 314 g/mol. The first kappa shape index (κ1) is 16.0. The van der Waals surface area contributed by atoms with Crippen LogP contribution in [0.1, 0.15) is 51.5 Å². The maximum Gasteiger partial charge on any atom is 0.0598 e. The van der Waals surface area contributed by atoms with E-state index in [4.69, 9.17) is 4.74 Å². The van der Waals surface area contributed by atoms with Gasteiger partial charge >= 0.3 is 0 Å². The Kier molecular flexibility index (Phi) is 5.65. The number of benzene rings is 1. The number of halogens is 1. The van der Waals surface area contributed by atoms with Gasteiger partial charge < -0.3 is 10.1 Å².